The molecule has 1 aromatic carbocycles. The Morgan fingerprint density at radius 3 is 2.60 bits per heavy atom. The Labute approximate surface area is 155 Å². The van der Waals surface area contributed by atoms with E-state index in [0.29, 0.717) is 23.9 Å². The number of benzene rings is 1. The lowest BCUT2D eigenvalue weighted by atomic mass is 9.84. The monoisotopic (exact) mass is 365 g/mol. The number of rotatable bonds is 5. The SMILES string of the molecule is CN(C)C(=O)c1cccc(CCNC(=O)C2C3CCC(C3)C2N)c1.Cl. The molecule has 0 aliphatic heterocycles. The van der Waals surface area contributed by atoms with Crippen LogP contribution in [-0.4, -0.2) is 43.4 Å². The number of halogens is 1. The summed E-state index contributed by atoms with van der Waals surface area (Å²) < 4.78 is 0. The smallest absolute Gasteiger partial charge is 0.253 e. The number of nitrogens with zero attached hydrogens (tertiary/aromatic N) is 1. The number of nitrogens with two attached hydrogens (primary N) is 1. The fourth-order valence-electron chi connectivity index (χ4n) is 4.29. The maximum Gasteiger partial charge on any atom is 0.253 e. The average Bonchev–Trinajstić information content (AvgIpc) is 3.15. The van der Waals surface area contributed by atoms with Crippen LogP contribution in [0.3, 0.4) is 0 Å². The van der Waals surface area contributed by atoms with Gasteiger partial charge in [-0.25, -0.2) is 0 Å². The molecule has 0 spiro atoms. The molecule has 3 rings (SSSR count). The number of amides is 2. The summed E-state index contributed by atoms with van der Waals surface area (Å²) >= 11 is 0. The number of nitrogens with one attached hydrogen (secondary N) is 1. The fraction of sp³-hybridized carbons (Fsp3) is 0.579. The minimum absolute atomic E-state index is 0. The highest BCUT2D eigenvalue weighted by atomic mass is 35.5. The third kappa shape index (κ3) is 4.15. The molecule has 2 bridgehead atoms. The lowest BCUT2D eigenvalue weighted by molar-refractivity contribution is -0.127. The molecule has 2 fully saturated rings. The maximum absolute atomic E-state index is 12.4. The van der Waals surface area contributed by atoms with Crippen molar-refractivity contribution in [1.82, 2.24) is 10.2 Å². The standard InChI is InChI=1S/C19H27N3O2.ClH/c1-22(2)19(24)15-5-3-4-12(10-15)8-9-21-18(23)16-13-6-7-14(11-13)17(16)20;/h3-5,10,13-14,16-17H,6-9,11,20H2,1-2H3,(H,21,23);1H. The lowest BCUT2D eigenvalue weighted by Gasteiger charge is -2.27. The molecule has 6 heteroatoms. The van der Waals surface area contributed by atoms with Crippen LogP contribution in [0.5, 0.6) is 0 Å². The van der Waals surface area contributed by atoms with E-state index in [1.165, 1.54) is 6.42 Å². The highest BCUT2D eigenvalue weighted by Crippen LogP contribution is 2.47. The summed E-state index contributed by atoms with van der Waals surface area (Å²) in [5.74, 6) is 1.11. The largest absolute Gasteiger partial charge is 0.355 e. The van der Waals surface area contributed by atoms with E-state index in [1.54, 1.807) is 19.0 Å². The van der Waals surface area contributed by atoms with E-state index in [4.69, 9.17) is 5.73 Å². The van der Waals surface area contributed by atoms with Gasteiger partial charge < -0.3 is 16.0 Å². The van der Waals surface area contributed by atoms with Crippen molar-refractivity contribution in [2.24, 2.45) is 23.5 Å². The van der Waals surface area contributed by atoms with E-state index >= 15 is 0 Å². The molecule has 1 aromatic rings. The first-order valence-electron chi connectivity index (χ1n) is 8.81. The van der Waals surface area contributed by atoms with E-state index in [0.717, 1.165) is 24.8 Å². The van der Waals surface area contributed by atoms with Crippen LogP contribution < -0.4 is 11.1 Å². The van der Waals surface area contributed by atoms with Crippen molar-refractivity contribution in [1.29, 1.82) is 0 Å². The Balaban J connectivity index is 0.00000225. The van der Waals surface area contributed by atoms with Gasteiger partial charge in [-0.1, -0.05) is 12.1 Å². The van der Waals surface area contributed by atoms with E-state index in [9.17, 15) is 9.59 Å². The summed E-state index contributed by atoms with van der Waals surface area (Å²) in [4.78, 5) is 26.0. The Morgan fingerprint density at radius 2 is 1.96 bits per heavy atom. The first kappa shape index (κ1) is 19.7. The molecule has 0 aromatic heterocycles. The van der Waals surface area contributed by atoms with Crippen LogP contribution in [0.25, 0.3) is 0 Å². The molecule has 4 unspecified atom stereocenters. The predicted octanol–water partition coefficient (Wildman–Crippen LogP) is 1.84. The molecule has 5 nitrogen and oxygen atoms in total. The summed E-state index contributed by atoms with van der Waals surface area (Å²) in [6.07, 6.45) is 4.16. The van der Waals surface area contributed by atoms with E-state index in [-0.39, 0.29) is 36.2 Å². The first-order valence-corrected chi connectivity index (χ1v) is 8.81. The van der Waals surface area contributed by atoms with Crippen molar-refractivity contribution >= 4 is 24.2 Å². The molecule has 2 aliphatic carbocycles. The maximum atomic E-state index is 12.4. The molecule has 2 amide bonds. The van der Waals surface area contributed by atoms with Gasteiger partial charge >= 0.3 is 0 Å². The van der Waals surface area contributed by atoms with Crippen LogP contribution in [0.1, 0.15) is 35.2 Å². The van der Waals surface area contributed by atoms with Gasteiger partial charge in [-0.05, 0) is 55.2 Å². The number of carbonyl (C=O) groups is 2. The Morgan fingerprint density at radius 1 is 1.24 bits per heavy atom. The average molecular weight is 366 g/mol. The minimum atomic E-state index is -0.00889. The highest BCUT2D eigenvalue weighted by molar-refractivity contribution is 5.94. The van der Waals surface area contributed by atoms with Gasteiger partial charge in [0.25, 0.3) is 5.91 Å². The van der Waals surface area contributed by atoms with Crippen LogP contribution in [0.4, 0.5) is 0 Å². The summed E-state index contributed by atoms with van der Waals surface area (Å²) in [6, 6.07) is 7.63. The zero-order valence-corrected chi connectivity index (χ0v) is 15.7. The van der Waals surface area contributed by atoms with Gasteiger partial charge in [0.2, 0.25) is 5.91 Å². The predicted molar refractivity (Wildman–Crippen MR) is 101 cm³/mol. The van der Waals surface area contributed by atoms with Gasteiger partial charge in [-0.2, -0.15) is 0 Å². The van der Waals surface area contributed by atoms with Crippen LogP contribution in [0, 0.1) is 17.8 Å². The first-order chi connectivity index (χ1) is 11.5. The summed E-state index contributed by atoms with van der Waals surface area (Å²) in [7, 11) is 3.49. The topological polar surface area (TPSA) is 75.4 Å². The Hall–Kier alpha value is -1.59. The second-order valence-corrected chi connectivity index (χ2v) is 7.38. The van der Waals surface area contributed by atoms with Crippen molar-refractivity contribution in [3.05, 3.63) is 35.4 Å². The van der Waals surface area contributed by atoms with Crippen LogP contribution in [-0.2, 0) is 11.2 Å². The van der Waals surface area contributed by atoms with Crippen LogP contribution >= 0.6 is 12.4 Å². The van der Waals surface area contributed by atoms with Crippen molar-refractivity contribution < 1.29 is 9.59 Å². The van der Waals surface area contributed by atoms with E-state index in [2.05, 4.69) is 5.32 Å². The summed E-state index contributed by atoms with van der Waals surface area (Å²) in [5, 5.41) is 3.05. The number of hydrogen-bond acceptors (Lipinski definition) is 3. The lowest BCUT2D eigenvalue weighted by Crippen LogP contribution is -2.45. The van der Waals surface area contributed by atoms with Gasteiger partial charge in [0.05, 0.1) is 5.92 Å². The minimum Gasteiger partial charge on any atom is -0.355 e. The van der Waals surface area contributed by atoms with Gasteiger partial charge in [0.1, 0.15) is 0 Å². The molecule has 3 N–H and O–H groups in total. The number of carbonyl (C=O) groups excluding carboxylic acids is 2. The van der Waals surface area contributed by atoms with Crippen molar-refractivity contribution in [2.75, 3.05) is 20.6 Å². The zero-order valence-electron chi connectivity index (χ0n) is 14.9. The highest BCUT2D eigenvalue weighted by Gasteiger charge is 2.48. The molecule has 0 radical (unpaired) electrons. The Kier molecular flexibility index (Phi) is 6.47. The molecule has 25 heavy (non-hydrogen) atoms. The third-order valence-corrected chi connectivity index (χ3v) is 5.58. The number of hydrogen-bond donors (Lipinski definition) is 2. The van der Waals surface area contributed by atoms with E-state index in [1.807, 2.05) is 24.3 Å². The van der Waals surface area contributed by atoms with Gasteiger partial charge in [0, 0.05) is 32.2 Å². The summed E-state index contributed by atoms with van der Waals surface area (Å²) in [6.45, 7) is 0.582. The molecule has 0 saturated heterocycles. The quantitative estimate of drug-likeness (QED) is 0.836. The molecule has 2 saturated carbocycles. The molecular formula is C19H28ClN3O2. The molecule has 0 heterocycles. The Bertz CT molecular complexity index is 633. The summed E-state index contributed by atoms with van der Waals surface area (Å²) in [5.41, 5.74) is 7.96. The van der Waals surface area contributed by atoms with Crippen LogP contribution in [0.2, 0.25) is 0 Å². The van der Waals surface area contributed by atoms with Gasteiger partial charge in [-0.3, -0.25) is 9.59 Å². The zero-order chi connectivity index (χ0) is 17.3. The normalized spacial score (nSPS) is 26.8. The second-order valence-electron chi connectivity index (χ2n) is 7.38. The second kappa shape index (κ2) is 8.19. The van der Waals surface area contributed by atoms with Crippen molar-refractivity contribution in [2.45, 2.75) is 31.7 Å². The van der Waals surface area contributed by atoms with Crippen molar-refractivity contribution in [3.8, 4) is 0 Å². The van der Waals surface area contributed by atoms with Crippen molar-refractivity contribution in [3.63, 3.8) is 0 Å². The third-order valence-electron chi connectivity index (χ3n) is 5.58. The van der Waals surface area contributed by atoms with Gasteiger partial charge in [-0.15, -0.1) is 12.4 Å². The van der Waals surface area contributed by atoms with E-state index < -0.39 is 0 Å². The molecule has 4 atom stereocenters. The fourth-order valence-corrected chi connectivity index (χ4v) is 4.29. The molecular weight excluding hydrogens is 338 g/mol. The molecule has 138 valence electrons. The molecule has 2 aliphatic rings. The van der Waals surface area contributed by atoms with Crippen LogP contribution in [0.15, 0.2) is 24.3 Å². The van der Waals surface area contributed by atoms with Gasteiger partial charge in [0.15, 0.2) is 0 Å². The number of fused-ring (bicyclic) bond motifs is 2.